The molecule has 11 heteroatoms. The Bertz CT molecular complexity index is 706. The maximum atomic E-state index is 11.2. The summed E-state index contributed by atoms with van der Waals surface area (Å²) in [6, 6.07) is -2.21. The molecule has 2 aliphatic rings. The van der Waals surface area contributed by atoms with Gasteiger partial charge in [-0.1, -0.05) is 0 Å². The van der Waals surface area contributed by atoms with E-state index in [1.165, 1.54) is 27.7 Å². The number of hydrogen-bond donors (Lipinski definition) is 2. The number of rotatable bonds is 4. The van der Waals surface area contributed by atoms with Crippen molar-refractivity contribution < 1.29 is 58.5 Å². The summed E-state index contributed by atoms with van der Waals surface area (Å²) in [5, 5.41) is 17.2. The van der Waals surface area contributed by atoms with E-state index in [4.69, 9.17) is 10.2 Å². The fourth-order valence-electron chi connectivity index (χ4n) is 2.17. The van der Waals surface area contributed by atoms with E-state index >= 15 is 0 Å². The second-order valence-electron chi connectivity index (χ2n) is 5.71. The fourth-order valence-corrected chi connectivity index (χ4v) is 2.17. The van der Waals surface area contributed by atoms with Crippen LogP contribution < -0.4 is 0 Å². The zero-order chi connectivity index (χ0) is 20.3. The molecule has 4 amide bonds. The fraction of sp³-hybridized carbons (Fsp3) is 0.375. The standard InChI is InChI=1S/2C8H9NO4.Zn/c2*1-4-3-6(10)9(7(4)11)5(2)8(12)13;/h2*3,5H,1-2H3,(H,12,13);. The number of carbonyl (C=O) groups is 6. The van der Waals surface area contributed by atoms with Gasteiger partial charge in [0.1, 0.15) is 12.1 Å². The van der Waals surface area contributed by atoms with Gasteiger partial charge in [0.25, 0.3) is 23.6 Å². The van der Waals surface area contributed by atoms with Crippen molar-refractivity contribution in [2.24, 2.45) is 0 Å². The Hall–Kier alpha value is -2.68. The second kappa shape index (κ2) is 9.32. The van der Waals surface area contributed by atoms with Gasteiger partial charge in [-0.05, 0) is 27.7 Å². The Balaban J connectivity index is 0.000000483. The Morgan fingerprint density at radius 1 is 0.778 bits per heavy atom. The van der Waals surface area contributed by atoms with E-state index in [1.54, 1.807) is 0 Å². The van der Waals surface area contributed by atoms with Gasteiger partial charge in [-0.3, -0.25) is 29.0 Å². The van der Waals surface area contributed by atoms with Gasteiger partial charge in [0.2, 0.25) is 0 Å². The summed E-state index contributed by atoms with van der Waals surface area (Å²) in [4.78, 5) is 67.2. The first-order valence-corrected chi connectivity index (χ1v) is 7.47. The third kappa shape index (κ3) is 5.16. The number of carboxylic acid groups (broad SMARTS) is 2. The van der Waals surface area contributed by atoms with E-state index in [1.807, 2.05) is 0 Å². The molecule has 0 saturated carbocycles. The van der Waals surface area contributed by atoms with E-state index in [-0.39, 0.29) is 30.6 Å². The maximum absolute atomic E-state index is 11.2. The molecule has 142 valence electrons. The molecule has 2 aliphatic heterocycles. The summed E-state index contributed by atoms with van der Waals surface area (Å²) in [6.07, 6.45) is 2.28. The molecule has 2 unspecified atom stereocenters. The molecule has 0 aromatic rings. The molecule has 0 aromatic carbocycles. The minimum atomic E-state index is -1.19. The van der Waals surface area contributed by atoms with Gasteiger partial charge in [-0.25, -0.2) is 9.59 Å². The average Bonchev–Trinajstić information content (AvgIpc) is 2.93. The minimum Gasteiger partial charge on any atom is -0.480 e. The number of carboxylic acids is 2. The molecule has 0 aromatic heterocycles. The van der Waals surface area contributed by atoms with Crippen LogP contribution in [0.4, 0.5) is 0 Å². The van der Waals surface area contributed by atoms with Crippen LogP contribution >= 0.6 is 0 Å². The van der Waals surface area contributed by atoms with Gasteiger partial charge in [0, 0.05) is 42.8 Å². The zero-order valence-corrected chi connectivity index (χ0v) is 18.2. The van der Waals surface area contributed by atoms with Crippen LogP contribution in [0.15, 0.2) is 23.3 Å². The molecule has 0 radical (unpaired) electrons. The van der Waals surface area contributed by atoms with Crippen LogP contribution in [0.1, 0.15) is 27.7 Å². The van der Waals surface area contributed by atoms with Crippen LogP contribution in [0.2, 0.25) is 0 Å². The van der Waals surface area contributed by atoms with E-state index in [2.05, 4.69) is 0 Å². The molecular weight excluding hydrogens is 414 g/mol. The van der Waals surface area contributed by atoms with Gasteiger partial charge >= 0.3 is 11.9 Å². The van der Waals surface area contributed by atoms with E-state index < -0.39 is 47.7 Å². The molecule has 2 N–H and O–H groups in total. The van der Waals surface area contributed by atoms with Crippen LogP contribution in [0, 0.1) is 0 Å². The van der Waals surface area contributed by atoms with Gasteiger partial charge in [-0.2, -0.15) is 0 Å². The quantitative estimate of drug-likeness (QED) is 0.449. The molecule has 0 aliphatic carbocycles. The molecule has 0 spiro atoms. The van der Waals surface area contributed by atoms with Crippen molar-refractivity contribution in [2.45, 2.75) is 39.8 Å². The number of hydrogen-bond acceptors (Lipinski definition) is 6. The predicted molar refractivity (Wildman–Crippen MR) is 85.4 cm³/mol. The topological polar surface area (TPSA) is 149 Å². The monoisotopic (exact) mass is 430 g/mol. The Kier molecular flexibility index (Phi) is 8.39. The molecular formula is C16H18N2O8Zn. The Morgan fingerprint density at radius 2 is 1.04 bits per heavy atom. The molecule has 0 saturated heterocycles. The summed E-state index contributed by atoms with van der Waals surface area (Å²) in [5.41, 5.74) is 0.552. The van der Waals surface area contributed by atoms with Crippen LogP contribution in [0.3, 0.4) is 0 Å². The van der Waals surface area contributed by atoms with Gasteiger partial charge in [0.05, 0.1) is 0 Å². The largest absolute Gasteiger partial charge is 0.480 e. The predicted octanol–water partition coefficient (Wildman–Crippen LogP) is -0.453. The van der Waals surface area contributed by atoms with Crippen molar-refractivity contribution in [3.8, 4) is 0 Å². The number of carbonyl (C=O) groups excluding carboxylic acids is 4. The third-order valence-electron chi connectivity index (χ3n) is 3.76. The number of imide groups is 2. The summed E-state index contributed by atoms with van der Waals surface area (Å²) in [6.45, 7) is 5.55. The summed E-state index contributed by atoms with van der Waals surface area (Å²) >= 11 is 0. The van der Waals surface area contributed by atoms with Crippen molar-refractivity contribution in [3.63, 3.8) is 0 Å². The molecule has 2 heterocycles. The molecule has 27 heavy (non-hydrogen) atoms. The van der Waals surface area contributed by atoms with Crippen LogP contribution in [0.25, 0.3) is 0 Å². The normalized spacial score (nSPS) is 18.2. The van der Waals surface area contributed by atoms with Gasteiger partial charge in [0.15, 0.2) is 0 Å². The molecule has 0 bridgehead atoms. The third-order valence-corrected chi connectivity index (χ3v) is 3.76. The molecule has 2 rings (SSSR count). The smallest absolute Gasteiger partial charge is 0.326 e. The minimum absolute atomic E-state index is 0. The molecule has 0 fully saturated rings. The first-order valence-electron chi connectivity index (χ1n) is 7.47. The van der Waals surface area contributed by atoms with E-state index in [0.717, 1.165) is 22.0 Å². The first-order chi connectivity index (χ1) is 11.9. The van der Waals surface area contributed by atoms with Crippen molar-refractivity contribution in [3.05, 3.63) is 23.3 Å². The van der Waals surface area contributed by atoms with Gasteiger partial charge < -0.3 is 10.2 Å². The van der Waals surface area contributed by atoms with E-state index in [9.17, 15) is 28.8 Å². The van der Waals surface area contributed by atoms with Crippen molar-refractivity contribution >= 4 is 35.6 Å². The van der Waals surface area contributed by atoms with Crippen molar-refractivity contribution in [1.82, 2.24) is 9.80 Å². The van der Waals surface area contributed by atoms with Crippen LogP contribution in [0.5, 0.6) is 0 Å². The van der Waals surface area contributed by atoms with Gasteiger partial charge in [-0.15, -0.1) is 0 Å². The SMILES string of the molecule is CC1=CC(=O)N(C(C)C(=O)O)C1=O.CC1=CC(=O)N(C(C)C(=O)O)C1=O.[Zn]. The number of nitrogens with zero attached hydrogens (tertiary/aromatic N) is 2. The van der Waals surface area contributed by atoms with Crippen LogP contribution in [-0.2, 0) is 48.2 Å². The number of aliphatic carboxylic acids is 2. The summed E-state index contributed by atoms with van der Waals surface area (Å²) in [7, 11) is 0. The average molecular weight is 432 g/mol. The summed E-state index contributed by atoms with van der Waals surface area (Å²) in [5.74, 6) is -4.55. The second-order valence-corrected chi connectivity index (χ2v) is 5.71. The Morgan fingerprint density at radius 3 is 1.19 bits per heavy atom. The Labute approximate surface area is 167 Å². The first kappa shape index (κ1) is 24.3. The van der Waals surface area contributed by atoms with E-state index in [0.29, 0.717) is 0 Å². The van der Waals surface area contributed by atoms with Crippen molar-refractivity contribution in [2.75, 3.05) is 0 Å². The molecule has 10 nitrogen and oxygen atoms in total. The summed E-state index contributed by atoms with van der Waals surface area (Å²) < 4.78 is 0. The van der Waals surface area contributed by atoms with Crippen molar-refractivity contribution in [1.29, 1.82) is 0 Å². The zero-order valence-electron chi connectivity index (χ0n) is 15.3. The number of amides is 4. The maximum Gasteiger partial charge on any atom is 0.326 e. The molecule has 2 atom stereocenters. The van der Waals surface area contributed by atoms with Crippen LogP contribution in [-0.4, -0.2) is 67.7 Å².